The Balaban J connectivity index is 1.47. The number of rotatable bonds is 4. The summed E-state index contributed by atoms with van der Waals surface area (Å²) in [4.78, 5) is 16.2. The van der Waals surface area contributed by atoms with Gasteiger partial charge in [0, 0.05) is 38.4 Å². The van der Waals surface area contributed by atoms with E-state index in [0.717, 1.165) is 37.3 Å². The first-order valence-corrected chi connectivity index (χ1v) is 9.09. The molecule has 0 spiro atoms. The first-order valence-electron chi connectivity index (χ1n) is 9.09. The number of nitrogens with one attached hydrogen (secondary N) is 1. The molecule has 2 aromatic carbocycles. The van der Waals surface area contributed by atoms with Gasteiger partial charge in [-0.05, 0) is 23.8 Å². The van der Waals surface area contributed by atoms with Gasteiger partial charge in [-0.3, -0.25) is 4.90 Å². The monoisotopic (exact) mass is 389 g/mol. The Kier molecular flexibility index (Phi) is 6.36. The quantitative estimate of drug-likeness (QED) is 0.832. The molecule has 4 nitrogen and oxygen atoms in total. The molecule has 1 aliphatic heterocycles. The van der Waals surface area contributed by atoms with Gasteiger partial charge in [0.15, 0.2) is 0 Å². The smallest absolute Gasteiger partial charge is 0.322 e. The van der Waals surface area contributed by atoms with Crippen LogP contribution < -0.4 is 5.32 Å². The molecule has 1 fully saturated rings. The van der Waals surface area contributed by atoms with Gasteiger partial charge in [0.05, 0.1) is 5.56 Å². The minimum Gasteiger partial charge on any atom is -0.322 e. The van der Waals surface area contributed by atoms with Gasteiger partial charge in [0.2, 0.25) is 0 Å². The van der Waals surface area contributed by atoms with Crippen LogP contribution >= 0.6 is 0 Å². The van der Waals surface area contributed by atoms with Crippen molar-refractivity contribution in [2.45, 2.75) is 6.18 Å². The summed E-state index contributed by atoms with van der Waals surface area (Å²) < 4.78 is 38.3. The molecule has 148 valence electrons. The number of urea groups is 1. The van der Waals surface area contributed by atoms with Gasteiger partial charge < -0.3 is 10.2 Å². The molecule has 0 unspecified atom stereocenters. The average Bonchev–Trinajstić information content (AvgIpc) is 2.69. The minimum atomic E-state index is -4.43. The van der Waals surface area contributed by atoms with Gasteiger partial charge in [0.25, 0.3) is 0 Å². The van der Waals surface area contributed by atoms with Crippen LogP contribution in [0.5, 0.6) is 0 Å². The number of alkyl halides is 3. The number of benzene rings is 2. The molecule has 1 aliphatic rings. The number of piperazine rings is 1. The number of hydrogen-bond donors (Lipinski definition) is 1. The van der Waals surface area contributed by atoms with Gasteiger partial charge in [-0.25, -0.2) is 4.79 Å². The fraction of sp³-hybridized carbons (Fsp3) is 0.286. The zero-order valence-electron chi connectivity index (χ0n) is 15.3. The molecular weight excluding hydrogens is 367 g/mol. The largest absolute Gasteiger partial charge is 0.416 e. The lowest BCUT2D eigenvalue weighted by molar-refractivity contribution is -0.137. The lowest BCUT2D eigenvalue weighted by Gasteiger charge is -2.34. The number of nitrogens with zero attached hydrogens (tertiary/aromatic N) is 2. The van der Waals surface area contributed by atoms with Crippen molar-refractivity contribution in [1.29, 1.82) is 0 Å². The molecule has 0 atom stereocenters. The fourth-order valence-electron chi connectivity index (χ4n) is 3.01. The van der Waals surface area contributed by atoms with Crippen molar-refractivity contribution in [3.63, 3.8) is 0 Å². The predicted octanol–water partition coefficient (Wildman–Crippen LogP) is 4.57. The number of hydrogen-bond acceptors (Lipinski definition) is 2. The van der Waals surface area contributed by atoms with Crippen molar-refractivity contribution < 1.29 is 18.0 Å². The van der Waals surface area contributed by atoms with Crippen LogP contribution in [0.4, 0.5) is 23.7 Å². The third-order valence-electron chi connectivity index (χ3n) is 4.57. The van der Waals surface area contributed by atoms with E-state index in [2.05, 4.69) is 22.4 Å². The molecule has 0 radical (unpaired) electrons. The Morgan fingerprint density at radius 1 is 1.00 bits per heavy atom. The van der Waals surface area contributed by atoms with Crippen molar-refractivity contribution >= 4 is 17.8 Å². The van der Waals surface area contributed by atoms with Gasteiger partial charge in [0.1, 0.15) is 0 Å². The van der Waals surface area contributed by atoms with E-state index in [1.807, 2.05) is 30.3 Å². The van der Waals surface area contributed by atoms with E-state index >= 15 is 0 Å². The van der Waals surface area contributed by atoms with Crippen LogP contribution in [0.3, 0.4) is 0 Å². The summed E-state index contributed by atoms with van der Waals surface area (Å²) in [5.74, 6) is 0. The lowest BCUT2D eigenvalue weighted by atomic mass is 10.2. The molecule has 1 N–H and O–H groups in total. The average molecular weight is 389 g/mol. The molecule has 0 aliphatic carbocycles. The van der Waals surface area contributed by atoms with E-state index < -0.39 is 11.7 Å². The molecule has 7 heteroatoms. The van der Waals surface area contributed by atoms with Crippen molar-refractivity contribution in [1.82, 2.24) is 9.80 Å². The predicted molar refractivity (Wildman–Crippen MR) is 104 cm³/mol. The van der Waals surface area contributed by atoms with E-state index in [1.165, 1.54) is 12.1 Å². The number of amides is 2. The summed E-state index contributed by atoms with van der Waals surface area (Å²) >= 11 is 0. The Bertz CT molecular complexity index is 813. The van der Waals surface area contributed by atoms with Crippen LogP contribution in [0, 0.1) is 0 Å². The van der Waals surface area contributed by atoms with Crippen molar-refractivity contribution in [3.05, 3.63) is 71.8 Å². The van der Waals surface area contributed by atoms with E-state index in [1.54, 1.807) is 4.90 Å². The van der Waals surface area contributed by atoms with E-state index in [0.29, 0.717) is 13.1 Å². The van der Waals surface area contributed by atoms with Crippen molar-refractivity contribution in [2.24, 2.45) is 0 Å². The molecular formula is C21H22F3N3O. The highest BCUT2D eigenvalue weighted by molar-refractivity contribution is 5.89. The summed E-state index contributed by atoms with van der Waals surface area (Å²) in [6.45, 7) is 3.29. The van der Waals surface area contributed by atoms with Crippen molar-refractivity contribution in [3.8, 4) is 0 Å². The van der Waals surface area contributed by atoms with Crippen LogP contribution in [0.2, 0.25) is 0 Å². The van der Waals surface area contributed by atoms with Gasteiger partial charge in [-0.1, -0.05) is 48.6 Å². The normalized spacial score (nSPS) is 15.8. The highest BCUT2D eigenvalue weighted by atomic mass is 19.4. The Hall–Kier alpha value is -2.80. The first kappa shape index (κ1) is 19.9. The third-order valence-corrected chi connectivity index (χ3v) is 4.57. The van der Waals surface area contributed by atoms with Crippen LogP contribution in [0.1, 0.15) is 11.1 Å². The van der Waals surface area contributed by atoms with Crippen LogP contribution in [-0.2, 0) is 6.18 Å². The zero-order chi connectivity index (χ0) is 20.0. The minimum absolute atomic E-state index is 0.146. The van der Waals surface area contributed by atoms with Gasteiger partial charge >= 0.3 is 12.2 Å². The van der Waals surface area contributed by atoms with Crippen molar-refractivity contribution in [2.75, 3.05) is 38.0 Å². The van der Waals surface area contributed by atoms with E-state index in [9.17, 15) is 18.0 Å². The summed E-state index contributed by atoms with van der Waals surface area (Å²) in [5.41, 5.74) is 0.509. The maximum absolute atomic E-state index is 12.8. The molecule has 1 saturated heterocycles. The molecule has 0 bridgehead atoms. The summed E-state index contributed by atoms with van der Waals surface area (Å²) in [7, 11) is 0. The maximum Gasteiger partial charge on any atom is 0.416 e. The number of halogens is 3. The molecule has 2 amide bonds. The van der Waals surface area contributed by atoms with Crippen LogP contribution in [0.25, 0.3) is 6.08 Å². The third kappa shape index (κ3) is 5.60. The molecule has 3 rings (SSSR count). The Labute approximate surface area is 162 Å². The number of carbonyl (C=O) groups excluding carboxylic acids is 1. The fourth-order valence-corrected chi connectivity index (χ4v) is 3.01. The second-order valence-electron chi connectivity index (χ2n) is 6.61. The lowest BCUT2D eigenvalue weighted by Crippen LogP contribution is -2.49. The number of anilines is 1. The van der Waals surface area contributed by atoms with Crippen LogP contribution in [0.15, 0.2) is 60.7 Å². The van der Waals surface area contributed by atoms with Gasteiger partial charge in [-0.15, -0.1) is 0 Å². The maximum atomic E-state index is 12.8. The molecule has 0 aromatic heterocycles. The van der Waals surface area contributed by atoms with Gasteiger partial charge in [-0.2, -0.15) is 13.2 Å². The molecule has 28 heavy (non-hydrogen) atoms. The second-order valence-corrected chi connectivity index (χ2v) is 6.61. The molecule has 1 heterocycles. The summed E-state index contributed by atoms with van der Waals surface area (Å²) in [5, 5.41) is 2.56. The summed E-state index contributed by atoms with van der Waals surface area (Å²) in [6.07, 6.45) is -0.278. The molecule has 2 aromatic rings. The summed E-state index contributed by atoms with van der Waals surface area (Å²) in [6, 6.07) is 14.3. The van der Waals surface area contributed by atoms with Crippen LogP contribution in [-0.4, -0.2) is 48.6 Å². The van der Waals surface area contributed by atoms with E-state index in [-0.39, 0.29) is 11.7 Å². The SMILES string of the molecule is O=C(Nc1cccc(C(F)(F)F)c1)N1CCN(CC=Cc2ccccc2)CC1. The standard InChI is InChI=1S/C21H22F3N3O/c22-21(23,24)18-9-4-10-19(16-18)25-20(28)27-14-12-26(13-15-27)11-5-8-17-6-2-1-3-7-17/h1-10,16H,11-15H2,(H,25,28). The Morgan fingerprint density at radius 3 is 2.39 bits per heavy atom. The highest BCUT2D eigenvalue weighted by Crippen LogP contribution is 2.30. The first-order chi connectivity index (χ1) is 13.4. The Morgan fingerprint density at radius 2 is 1.71 bits per heavy atom. The zero-order valence-corrected chi connectivity index (χ0v) is 15.3. The van der Waals surface area contributed by atoms with E-state index in [4.69, 9.17) is 0 Å². The molecule has 0 saturated carbocycles. The highest BCUT2D eigenvalue weighted by Gasteiger charge is 2.30. The second kappa shape index (κ2) is 8.93. The number of carbonyl (C=O) groups is 1. The topological polar surface area (TPSA) is 35.6 Å².